The van der Waals surface area contributed by atoms with Crippen molar-refractivity contribution in [3.05, 3.63) is 71.8 Å². The van der Waals surface area contributed by atoms with Gasteiger partial charge in [0.2, 0.25) is 6.29 Å². The van der Waals surface area contributed by atoms with E-state index in [1.54, 1.807) is 60.7 Å². The number of unbranched alkanes of at least 4 members (excludes halogenated alkanes) is 4. The SMILES string of the molecule is CCCCCCCC(OOC(=O)c1ccccc1)OOC(=O)c1ccccc1. The minimum Gasteiger partial charge on any atom is -0.290 e. The van der Waals surface area contributed by atoms with Crippen LogP contribution >= 0.6 is 0 Å². The average molecular weight is 386 g/mol. The van der Waals surface area contributed by atoms with E-state index >= 15 is 0 Å². The van der Waals surface area contributed by atoms with Gasteiger partial charge >= 0.3 is 11.9 Å². The molecule has 0 N–H and O–H groups in total. The molecule has 2 rings (SSSR count). The molecule has 0 amide bonds. The lowest BCUT2D eigenvalue weighted by Crippen LogP contribution is -2.22. The Kier molecular flexibility index (Phi) is 9.75. The van der Waals surface area contributed by atoms with E-state index in [4.69, 9.17) is 19.6 Å². The van der Waals surface area contributed by atoms with Gasteiger partial charge in [0.25, 0.3) is 0 Å². The summed E-state index contributed by atoms with van der Waals surface area (Å²) < 4.78 is 0. The molecule has 0 radical (unpaired) electrons. The maximum Gasteiger partial charge on any atom is 0.373 e. The highest BCUT2D eigenvalue weighted by atomic mass is 17.3. The summed E-state index contributed by atoms with van der Waals surface area (Å²) in [5.74, 6) is -1.29. The van der Waals surface area contributed by atoms with E-state index < -0.39 is 18.2 Å². The molecular formula is C22H26O6. The topological polar surface area (TPSA) is 71.1 Å². The van der Waals surface area contributed by atoms with Crippen LogP contribution in [0.2, 0.25) is 0 Å². The number of rotatable bonds is 12. The van der Waals surface area contributed by atoms with E-state index in [-0.39, 0.29) is 0 Å². The van der Waals surface area contributed by atoms with Crippen molar-refractivity contribution in [2.75, 3.05) is 0 Å². The maximum absolute atomic E-state index is 12.0. The fourth-order valence-corrected chi connectivity index (χ4v) is 2.47. The lowest BCUT2D eigenvalue weighted by molar-refractivity contribution is -0.421. The summed E-state index contributed by atoms with van der Waals surface area (Å²) in [5.41, 5.74) is 0.705. The van der Waals surface area contributed by atoms with Crippen LogP contribution in [0.5, 0.6) is 0 Å². The Hall–Kier alpha value is -2.70. The standard InChI is InChI=1S/C22H26O6/c1-2-3-4-5-12-17-20(25-27-21(23)18-13-8-6-9-14-18)26-28-22(24)19-15-10-7-11-16-19/h6-11,13-16,20H,2-5,12,17H2,1H3. The largest absolute Gasteiger partial charge is 0.373 e. The molecule has 0 heterocycles. The normalized spacial score (nSPS) is 10.6. The highest BCUT2D eigenvalue weighted by Crippen LogP contribution is 2.14. The Morgan fingerprint density at radius 3 is 1.64 bits per heavy atom. The smallest absolute Gasteiger partial charge is 0.290 e. The van der Waals surface area contributed by atoms with E-state index in [2.05, 4.69) is 6.92 Å². The molecule has 0 aliphatic heterocycles. The molecule has 28 heavy (non-hydrogen) atoms. The van der Waals surface area contributed by atoms with Gasteiger partial charge in [-0.3, -0.25) is 9.78 Å². The zero-order valence-corrected chi connectivity index (χ0v) is 16.0. The first-order chi connectivity index (χ1) is 13.7. The van der Waals surface area contributed by atoms with Crippen molar-refractivity contribution in [1.29, 1.82) is 0 Å². The second-order valence-electron chi connectivity index (χ2n) is 6.30. The van der Waals surface area contributed by atoms with Crippen molar-refractivity contribution in [3.63, 3.8) is 0 Å². The predicted molar refractivity (Wildman–Crippen MR) is 103 cm³/mol. The molecule has 0 aliphatic carbocycles. The fraction of sp³-hybridized carbons (Fsp3) is 0.364. The van der Waals surface area contributed by atoms with Crippen molar-refractivity contribution >= 4 is 11.9 Å². The highest BCUT2D eigenvalue weighted by Gasteiger charge is 2.19. The van der Waals surface area contributed by atoms with Gasteiger partial charge < -0.3 is 0 Å². The number of hydrogen-bond acceptors (Lipinski definition) is 6. The first kappa shape index (κ1) is 21.6. The Bertz CT molecular complexity index is 646. The van der Waals surface area contributed by atoms with Crippen LogP contribution in [0.25, 0.3) is 0 Å². The zero-order valence-electron chi connectivity index (χ0n) is 16.0. The number of carbonyl (C=O) groups is 2. The average Bonchev–Trinajstić information content (AvgIpc) is 2.75. The van der Waals surface area contributed by atoms with Gasteiger partial charge in [-0.1, -0.05) is 69.0 Å². The van der Waals surface area contributed by atoms with Crippen LogP contribution in [0, 0.1) is 0 Å². The van der Waals surface area contributed by atoms with Crippen LogP contribution in [-0.4, -0.2) is 18.2 Å². The molecule has 150 valence electrons. The minimum absolute atomic E-state index is 0.352. The van der Waals surface area contributed by atoms with Gasteiger partial charge in [0.1, 0.15) is 0 Å². The van der Waals surface area contributed by atoms with Crippen LogP contribution in [0.4, 0.5) is 0 Å². The molecule has 0 saturated carbocycles. The monoisotopic (exact) mass is 386 g/mol. The Morgan fingerprint density at radius 2 is 1.18 bits per heavy atom. The van der Waals surface area contributed by atoms with Gasteiger partial charge in [-0.25, -0.2) is 9.59 Å². The first-order valence-electron chi connectivity index (χ1n) is 9.56. The van der Waals surface area contributed by atoms with E-state index in [1.807, 2.05) is 0 Å². The molecule has 2 aromatic rings. The Morgan fingerprint density at radius 1 is 0.714 bits per heavy atom. The molecule has 0 spiro atoms. The summed E-state index contributed by atoms with van der Waals surface area (Å²) >= 11 is 0. The van der Waals surface area contributed by atoms with Crippen LogP contribution in [-0.2, 0) is 19.6 Å². The second kappa shape index (κ2) is 12.6. The molecule has 0 unspecified atom stereocenters. The molecule has 6 nitrogen and oxygen atoms in total. The van der Waals surface area contributed by atoms with Crippen molar-refractivity contribution in [1.82, 2.24) is 0 Å². The summed E-state index contributed by atoms with van der Waals surface area (Å²) in [6.07, 6.45) is 4.58. The van der Waals surface area contributed by atoms with E-state index in [0.29, 0.717) is 17.5 Å². The third-order valence-electron chi connectivity index (χ3n) is 4.02. The predicted octanol–water partition coefficient (Wildman–Crippen LogP) is 5.25. The molecule has 0 aliphatic rings. The lowest BCUT2D eigenvalue weighted by atomic mass is 10.1. The van der Waals surface area contributed by atoms with Crippen LogP contribution < -0.4 is 0 Å². The summed E-state index contributed by atoms with van der Waals surface area (Å²) in [4.78, 5) is 43.9. The fourth-order valence-electron chi connectivity index (χ4n) is 2.47. The van der Waals surface area contributed by atoms with Crippen molar-refractivity contribution in [2.45, 2.75) is 51.7 Å². The molecule has 0 bridgehead atoms. The third-order valence-corrected chi connectivity index (χ3v) is 4.02. The lowest BCUT2D eigenvalue weighted by Gasteiger charge is -2.15. The minimum atomic E-state index is -0.998. The quantitative estimate of drug-likeness (QED) is 0.215. The van der Waals surface area contributed by atoms with E-state index in [1.165, 1.54) is 0 Å². The van der Waals surface area contributed by atoms with Crippen LogP contribution in [0.1, 0.15) is 66.2 Å². The van der Waals surface area contributed by atoms with Gasteiger partial charge in [0.15, 0.2) is 0 Å². The van der Waals surface area contributed by atoms with Crippen molar-refractivity contribution in [3.8, 4) is 0 Å². The van der Waals surface area contributed by atoms with Gasteiger partial charge in [-0.15, -0.1) is 9.78 Å². The van der Waals surface area contributed by atoms with E-state index in [0.717, 1.165) is 32.1 Å². The van der Waals surface area contributed by atoms with Crippen molar-refractivity contribution < 1.29 is 29.1 Å². The van der Waals surface area contributed by atoms with Crippen LogP contribution in [0.3, 0.4) is 0 Å². The maximum atomic E-state index is 12.0. The molecule has 0 atom stereocenters. The summed E-state index contributed by atoms with van der Waals surface area (Å²) in [7, 11) is 0. The summed E-state index contributed by atoms with van der Waals surface area (Å²) in [6.45, 7) is 2.14. The van der Waals surface area contributed by atoms with Crippen molar-refractivity contribution in [2.24, 2.45) is 0 Å². The Balaban J connectivity index is 1.84. The molecule has 6 heteroatoms. The molecule has 0 aromatic heterocycles. The number of carbonyl (C=O) groups excluding carboxylic acids is 2. The second-order valence-corrected chi connectivity index (χ2v) is 6.30. The number of hydrogen-bond donors (Lipinski definition) is 0. The van der Waals surface area contributed by atoms with Gasteiger partial charge in [0.05, 0.1) is 11.1 Å². The molecular weight excluding hydrogens is 360 g/mol. The Labute approximate surface area is 165 Å². The molecule has 0 saturated heterocycles. The summed E-state index contributed by atoms with van der Waals surface area (Å²) in [6, 6.07) is 16.9. The van der Waals surface area contributed by atoms with Gasteiger partial charge in [-0.05, 0) is 30.7 Å². The summed E-state index contributed by atoms with van der Waals surface area (Å²) in [5, 5.41) is 0. The van der Waals surface area contributed by atoms with Crippen LogP contribution in [0.15, 0.2) is 60.7 Å². The zero-order chi connectivity index (χ0) is 20.0. The first-order valence-corrected chi connectivity index (χ1v) is 9.56. The molecule has 0 fully saturated rings. The third kappa shape index (κ3) is 7.90. The van der Waals surface area contributed by atoms with Gasteiger partial charge in [0, 0.05) is 6.42 Å². The van der Waals surface area contributed by atoms with Gasteiger partial charge in [-0.2, -0.15) is 0 Å². The highest BCUT2D eigenvalue weighted by molar-refractivity contribution is 5.89. The molecule has 2 aromatic carbocycles. The van der Waals surface area contributed by atoms with E-state index in [9.17, 15) is 9.59 Å². The number of benzene rings is 2.